The molecule has 1 atom stereocenters. The summed E-state index contributed by atoms with van der Waals surface area (Å²) in [6, 6.07) is 5.97. The van der Waals surface area contributed by atoms with Gasteiger partial charge in [-0.3, -0.25) is 4.79 Å². The monoisotopic (exact) mass is 278 g/mol. The van der Waals surface area contributed by atoms with E-state index < -0.39 is 0 Å². The predicted molar refractivity (Wildman–Crippen MR) is 81.9 cm³/mol. The number of nitrogens with two attached hydrogens (primary N) is 1. The van der Waals surface area contributed by atoms with Gasteiger partial charge in [0.25, 0.3) is 5.91 Å². The Kier molecular flexibility index (Phi) is 6.52. The molecule has 112 valence electrons. The zero-order chi connectivity index (χ0) is 15.1. The smallest absolute Gasteiger partial charge is 0.258 e. The summed E-state index contributed by atoms with van der Waals surface area (Å²) in [6.45, 7) is 8.67. The van der Waals surface area contributed by atoms with Crippen molar-refractivity contribution in [3.05, 3.63) is 29.3 Å². The van der Waals surface area contributed by atoms with E-state index in [1.54, 1.807) is 0 Å². The molecule has 0 aromatic heterocycles. The molecule has 0 radical (unpaired) electrons. The Balaban J connectivity index is 2.48. The topological polar surface area (TPSA) is 64.3 Å². The van der Waals surface area contributed by atoms with Crippen molar-refractivity contribution in [3.63, 3.8) is 0 Å². The van der Waals surface area contributed by atoms with Crippen LogP contribution in [0, 0.1) is 19.8 Å². The van der Waals surface area contributed by atoms with Crippen LogP contribution in [-0.4, -0.2) is 25.1 Å². The summed E-state index contributed by atoms with van der Waals surface area (Å²) < 4.78 is 5.58. The Morgan fingerprint density at radius 2 is 2.05 bits per heavy atom. The highest BCUT2D eigenvalue weighted by Gasteiger charge is 2.13. The zero-order valence-electron chi connectivity index (χ0n) is 12.9. The average molecular weight is 278 g/mol. The molecule has 20 heavy (non-hydrogen) atoms. The van der Waals surface area contributed by atoms with E-state index in [-0.39, 0.29) is 18.6 Å². The fourth-order valence-electron chi connectivity index (χ4n) is 2.06. The lowest BCUT2D eigenvalue weighted by Gasteiger charge is -2.19. The molecule has 0 aliphatic rings. The van der Waals surface area contributed by atoms with Gasteiger partial charge in [-0.2, -0.15) is 0 Å². The highest BCUT2D eigenvalue weighted by atomic mass is 16.5. The average Bonchev–Trinajstić information content (AvgIpc) is 2.38. The van der Waals surface area contributed by atoms with Crippen LogP contribution >= 0.6 is 0 Å². The van der Waals surface area contributed by atoms with E-state index in [0.29, 0.717) is 12.5 Å². The molecule has 0 fully saturated rings. The second-order valence-corrected chi connectivity index (χ2v) is 5.69. The molecule has 1 unspecified atom stereocenters. The van der Waals surface area contributed by atoms with Gasteiger partial charge in [-0.05, 0) is 43.4 Å². The Morgan fingerprint density at radius 1 is 1.35 bits per heavy atom. The van der Waals surface area contributed by atoms with Crippen LogP contribution in [0.15, 0.2) is 18.2 Å². The van der Waals surface area contributed by atoms with E-state index in [4.69, 9.17) is 10.5 Å². The molecule has 1 aromatic rings. The van der Waals surface area contributed by atoms with Crippen LogP contribution in [0.5, 0.6) is 5.75 Å². The molecule has 0 heterocycles. The molecule has 0 aliphatic carbocycles. The minimum absolute atomic E-state index is 0.0182. The summed E-state index contributed by atoms with van der Waals surface area (Å²) in [7, 11) is 0. The first kappa shape index (κ1) is 16.5. The van der Waals surface area contributed by atoms with E-state index in [9.17, 15) is 4.79 Å². The zero-order valence-corrected chi connectivity index (χ0v) is 12.9. The van der Waals surface area contributed by atoms with E-state index in [0.717, 1.165) is 23.3 Å². The van der Waals surface area contributed by atoms with Crippen molar-refractivity contribution in [3.8, 4) is 5.75 Å². The number of nitrogens with one attached hydrogen (secondary N) is 1. The van der Waals surface area contributed by atoms with Gasteiger partial charge in [0.2, 0.25) is 0 Å². The second kappa shape index (κ2) is 7.90. The standard InChI is InChI=1S/C16H26N2O2/c1-11(2)7-14(9-17)18-16(19)10-20-15-8-12(3)5-6-13(15)4/h5-6,8,11,14H,7,9-10,17H2,1-4H3,(H,18,19). The summed E-state index contributed by atoms with van der Waals surface area (Å²) >= 11 is 0. The molecule has 1 aromatic carbocycles. The molecule has 1 amide bonds. The van der Waals surface area contributed by atoms with Crippen molar-refractivity contribution < 1.29 is 9.53 Å². The summed E-state index contributed by atoms with van der Waals surface area (Å²) in [4.78, 5) is 11.9. The number of amides is 1. The number of hydrogen-bond donors (Lipinski definition) is 2. The van der Waals surface area contributed by atoms with Gasteiger partial charge in [0.1, 0.15) is 5.75 Å². The van der Waals surface area contributed by atoms with Crippen molar-refractivity contribution in [2.24, 2.45) is 11.7 Å². The van der Waals surface area contributed by atoms with Crippen LogP contribution in [0.2, 0.25) is 0 Å². The van der Waals surface area contributed by atoms with Crippen LogP contribution < -0.4 is 15.8 Å². The maximum absolute atomic E-state index is 11.9. The third-order valence-corrected chi connectivity index (χ3v) is 3.11. The molecule has 4 heteroatoms. The van der Waals surface area contributed by atoms with E-state index in [2.05, 4.69) is 19.2 Å². The molecule has 4 nitrogen and oxygen atoms in total. The number of rotatable bonds is 7. The maximum atomic E-state index is 11.9. The first-order chi connectivity index (χ1) is 9.42. The molecule has 0 saturated carbocycles. The lowest BCUT2D eigenvalue weighted by atomic mass is 10.0. The van der Waals surface area contributed by atoms with E-state index in [1.165, 1.54) is 0 Å². The first-order valence-corrected chi connectivity index (χ1v) is 7.11. The minimum Gasteiger partial charge on any atom is -0.483 e. The number of carbonyl (C=O) groups is 1. The first-order valence-electron chi connectivity index (χ1n) is 7.11. The van der Waals surface area contributed by atoms with Gasteiger partial charge in [-0.15, -0.1) is 0 Å². The van der Waals surface area contributed by atoms with Crippen LogP contribution in [0.4, 0.5) is 0 Å². The summed E-state index contributed by atoms with van der Waals surface area (Å²) in [5.41, 5.74) is 7.81. The molecular weight excluding hydrogens is 252 g/mol. The summed E-state index contributed by atoms with van der Waals surface area (Å²) in [6.07, 6.45) is 0.881. The lowest BCUT2D eigenvalue weighted by molar-refractivity contribution is -0.123. The normalized spacial score (nSPS) is 12.3. The van der Waals surface area contributed by atoms with Gasteiger partial charge < -0.3 is 15.8 Å². The van der Waals surface area contributed by atoms with Crippen molar-refractivity contribution in [1.29, 1.82) is 0 Å². The van der Waals surface area contributed by atoms with Gasteiger partial charge in [0, 0.05) is 12.6 Å². The molecule has 0 saturated heterocycles. The van der Waals surface area contributed by atoms with Crippen molar-refractivity contribution in [1.82, 2.24) is 5.32 Å². The Morgan fingerprint density at radius 3 is 2.65 bits per heavy atom. The van der Waals surface area contributed by atoms with Gasteiger partial charge in [0.05, 0.1) is 0 Å². The number of carbonyl (C=O) groups excluding carboxylic acids is 1. The molecule has 0 spiro atoms. The fraction of sp³-hybridized carbons (Fsp3) is 0.562. The number of benzene rings is 1. The highest BCUT2D eigenvalue weighted by Crippen LogP contribution is 2.18. The quantitative estimate of drug-likeness (QED) is 0.803. The van der Waals surface area contributed by atoms with Crippen molar-refractivity contribution in [2.45, 2.75) is 40.2 Å². The van der Waals surface area contributed by atoms with Crippen LogP contribution in [0.25, 0.3) is 0 Å². The highest BCUT2D eigenvalue weighted by molar-refractivity contribution is 5.77. The maximum Gasteiger partial charge on any atom is 0.258 e. The van der Waals surface area contributed by atoms with Gasteiger partial charge in [0.15, 0.2) is 6.61 Å². The fourth-order valence-corrected chi connectivity index (χ4v) is 2.06. The molecule has 0 aliphatic heterocycles. The SMILES string of the molecule is Cc1ccc(C)c(OCC(=O)NC(CN)CC(C)C)c1. The van der Waals surface area contributed by atoms with E-state index in [1.807, 2.05) is 32.0 Å². The number of aryl methyl sites for hydroxylation is 2. The van der Waals surface area contributed by atoms with Crippen LogP contribution in [-0.2, 0) is 4.79 Å². The Labute approximate surface area is 121 Å². The molecule has 3 N–H and O–H groups in total. The Hall–Kier alpha value is -1.55. The largest absolute Gasteiger partial charge is 0.483 e. The van der Waals surface area contributed by atoms with Gasteiger partial charge >= 0.3 is 0 Å². The van der Waals surface area contributed by atoms with E-state index >= 15 is 0 Å². The number of hydrogen-bond acceptors (Lipinski definition) is 3. The lowest BCUT2D eigenvalue weighted by Crippen LogP contribution is -2.43. The third-order valence-electron chi connectivity index (χ3n) is 3.11. The van der Waals surface area contributed by atoms with Gasteiger partial charge in [-0.1, -0.05) is 26.0 Å². The van der Waals surface area contributed by atoms with Crippen LogP contribution in [0.1, 0.15) is 31.4 Å². The van der Waals surface area contributed by atoms with Crippen LogP contribution in [0.3, 0.4) is 0 Å². The van der Waals surface area contributed by atoms with Crippen molar-refractivity contribution >= 4 is 5.91 Å². The molecular formula is C16H26N2O2. The van der Waals surface area contributed by atoms with Crippen molar-refractivity contribution in [2.75, 3.05) is 13.2 Å². The second-order valence-electron chi connectivity index (χ2n) is 5.69. The number of ether oxygens (including phenoxy) is 1. The van der Waals surface area contributed by atoms with Gasteiger partial charge in [-0.25, -0.2) is 0 Å². The third kappa shape index (κ3) is 5.61. The summed E-state index contributed by atoms with van der Waals surface area (Å²) in [5, 5.41) is 2.91. The minimum atomic E-state index is -0.123. The summed E-state index contributed by atoms with van der Waals surface area (Å²) in [5.74, 6) is 1.14. The Bertz CT molecular complexity index is 444. The molecule has 0 bridgehead atoms. The predicted octanol–water partition coefficient (Wildman–Crippen LogP) is 2.17. The molecule has 1 rings (SSSR count).